The second-order valence-electron chi connectivity index (χ2n) is 6.37. The summed E-state index contributed by atoms with van der Waals surface area (Å²) in [5, 5.41) is 10.5. The maximum absolute atomic E-state index is 12.5. The van der Waals surface area contributed by atoms with E-state index in [1.54, 1.807) is 18.2 Å². The van der Waals surface area contributed by atoms with E-state index in [4.69, 9.17) is 15.9 Å². The van der Waals surface area contributed by atoms with Crippen LogP contribution >= 0.6 is 0 Å². The van der Waals surface area contributed by atoms with Gasteiger partial charge in [-0.2, -0.15) is 0 Å². The summed E-state index contributed by atoms with van der Waals surface area (Å²) < 4.78 is 5.60. The van der Waals surface area contributed by atoms with Gasteiger partial charge in [-0.25, -0.2) is 0 Å². The number of hydrogen-bond donors (Lipinski definition) is 3. The molecule has 142 valence electrons. The van der Waals surface area contributed by atoms with Gasteiger partial charge < -0.3 is 20.7 Å². The number of anilines is 2. The number of ether oxygens (including phenoxy) is 1. The smallest absolute Gasteiger partial charge is 0.243 e. The fraction of sp³-hybridized carbons (Fsp3) is 0.238. The van der Waals surface area contributed by atoms with Crippen LogP contribution in [-0.4, -0.2) is 30.9 Å². The van der Waals surface area contributed by atoms with Crippen LogP contribution in [0, 0.1) is 5.41 Å². The SMILES string of the molecule is C=CCN(CC(=O)Nc1ccc(OC(C)C)cc1)c1cccc(C(=N)N)c1. The molecule has 0 aliphatic rings. The van der Waals surface area contributed by atoms with Gasteiger partial charge in [0, 0.05) is 23.5 Å². The first-order valence-electron chi connectivity index (χ1n) is 8.76. The van der Waals surface area contributed by atoms with Crippen molar-refractivity contribution in [2.45, 2.75) is 20.0 Å². The molecule has 0 unspecified atom stereocenters. The third-order valence-corrected chi connectivity index (χ3v) is 3.72. The zero-order valence-electron chi connectivity index (χ0n) is 15.7. The maximum atomic E-state index is 12.5. The number of hydrogen-bond acceptors (Lipinski definition) is 4. The minimum Gasteiger partial charge on any atom is -0.491 e. The molecule has 2 aromatic carbocycles. The van der Waals surface area contributed by atoms with Crippen LogP contribution in [-0.2, 0) is 4.79 Å². The van der Waals surface area contributed by atoms with Gasteiger partial charge in [-0.05, 0) is 50.2 Å². The second-order valence-corrected chi connectivity index (χ2v) is 6.37. The Morgan fingerprint density at radius 2 is 2.00 bits per heavy atom. The van der Waals surface area contributed by atoms with Crippen LogP contribution in [0.1, 0.15) is 19.4 Å². The van der Waals surface area contributed by atoms with Crippen LogP contribution in [0.25, 0.3) is 0 Å². The molecule has 0 bridgehead atoms. The normalized spacial score (nSPS) is 10.3. The number of carbonyl (C=O) groups is 1. The molecular formula is C21H26N4O2. The molecule has 2 rings (SSSR count). The molecule has 6 nitrogen and oxygen atoms in total. The van der Waals surface area contributed by atoms with E-state index in [1.165, 1.54) is 0 Å². The van der Waals surface area contributed by atoms with Crippen molar-refractivity contribution in [3.05, 3.63) is 66.7 Å². The van der Waals surface area contributed by atoms with Crippen LogP contribution in [0.5, 0.6) is 5.75 Å². The van der Waals surface area contributed by atoms with Gasteiger partial charge in [0.25, 0.3) is 0 Å². The zero-order chi connectivity index (χ0) is 19.8. The summed E-state index contributed by atoms with van der Waals surface area (Å²) in [6, 6.07) is 14.5. The Morgan fingerprint density at radius 1 is 1.30 bits per heavy atom. The molecule has 0 aromatic heterocycles. The summed E-state index contributed by atoms with van der Waals surface area (Å²) in [6.45, 7) is 8.33. The molecule has 0 atom stereocenters. The van der Waals surface area contributed by atoms with E-state index >= 15 is 0 Å². The molecule has 27 heavy (non-hydrogen) atoms. The molecule has 0 aliphatic heterocycles. The first kappa shape index (κ1) is 20.0. The number of nitrogens with two attached hydrogens (primary N) is 1. The fourth-order valence-electron chi connectivity index (χ4n) is 2.55. The lowest BCUT2D eigenvalue weighted by Gasteiger charge is -2.23. The molecule has 2 aromatic rings. The van der Waals surface area contributed by atoms with Crippen LogP contribution in [0.3, 0.4) is 0 Å². The molecule has 0 aliphatic carbocycles. The maximum Gasteiger partial charge on any atom is 0.243 e. The molecule has 0 heterocycles. The molecule has 0 saturated carbocycles. The monoisotopic (exact) mass is 366 g/mol. The highest BCUT2D eigenvalue weighted by molar-refractivity contribution is 5.97. The van der Waals surface area contributed by atoms with Crippen molar-refractivity contribution in [2.24, 2.45) is 5.73 Å². The Labute approximate surface area is 160 Å². The van der Waals surface area contributed by atoms with Crippen LogP contribution in [0.2, 0.25) is 0 Å². The molecule has 1 amide bonds. The quantitative estimate of drug-likeness (QED) is 0.360. The third-order valence-electron chi connectivity index (χ3n) is 3.72. The first-order valence-corrected chi connectivity index (χ1v) is 8.76. The van der Waals surface area contributed by atoms with Crippen molar-refractivity contribution >= 4 is 23.1 Å². The molecular weight excluding hydrogens is 340 g/mol. The lowest BCUT2D eigenvalue weighted by Crippen LogP contribution is -2.33. The summed E-state index contributed by atoms with van der Waals surface area (Å²) in [5.74, 6) is 0.600. The molecule has 0 saturated heterocycles. The van der Waals surface area contributed by atoms with E-state index in [0.717, 1.165) is 11.4 Å². The van der Waals surface area contributed by atoms with E-state index in [2.05, 4.69) is 11.9 Å². The van der Waals surface area contributed by atoms with Gasteiger partial charge in [0.1, 0.15) is 11.6 Å². The van der Waals surface area contributed by atoms with Crippen LogP contribution in [0.15, 0.2) is 61.2 Å². The third kappa shape index (κ3) is 6.18. The van der Waals surface area contributed by atoms with Gasteiger partial charge >= 0.3 is 0 Å². The number of nitrogens with zero attached hydrogens (tertiary/aromatic N) is 1. The number of amides is 1. The predicted octanol–water partition coefficient (Wildman–Crippen LogP) is 3.39. The van der Waals surface area contributed by atoms with Gasteiger partial charge in [0.05, 0.1) is 12.6 Å². The van der Waals surface area contributed by atoms with Crippen LogP contribution in [0.4, 0.5) is 11.4 Å². The van der Waals surface area contributed by atoms with Gasteiger partial charge in [-0.15, -0.1) is 6.58 Å². The number of nitrogen functional groups attached to an aromatic ring is 1. The number of nitrogens with one attached hydrogen (secondary N) is 2. The number of rotatable bonds is 9. The number of carbonyl (C=O) groups excluding carboxylic acids is 1. The summed E-state index contributed by atoms with van der Waals surface area (Å²) >= 11 is 0. The second kappa shape index (κ2) is 9.43. The lowest BCUT2D eigenvalue weighted by atomic mass is 10.1. The summed E-state index contributed by atoms with van der Waals surface area (Å²) in [4.78, 5) is 14.3. The highest BCUT2D eigenvalue weighted by atomic mass is 16.5. The van der Waals surface area contributed by atoms with E-state index < -0.39 is 0 Å². The van der Waals surface area contributed by atoms with E-state index in [0.29, 0.717) is 17.8 Å². The van der Waals surface area contributed by atoms with Crippen molar-refractivity contribution in [3.8, 4) is 5.75 Å². The molecule has 0 fully saturated rings. The Morgan fingerprint density at radius 3 is 2.59 bits per heavy atom. The highest BCUT2D eigenvalue weighted by Crippen LogP contribution is 2.18. The fourth-order valence-corrected chi connectivity index (χ4v) is 2.55. The van der Waals surface area contributed by atoms with Gasteiger partial charge in [0.2, 0.25) is 5.91 Å². The average Bonchev–Trinajstić information content (AvgIpc) is 2.62. The van der Waals surface area contributed by atoms with E-state index in [-0.39, 0.29) is 24.4 Å². The van der Waals surface area contributed by atoms with Crippen molar-refractivity contribution in [1.82, 2.24) is 0 Å². The Balaban J connectivity index is 2.05. The molecule has 4 N–H and O–H groups in total. The average molecular weight is 366 g/mol. The molecule has 0 radical (unpaired) electrons. The summed E-state index contributed by atoms with van der Waals surface area (Å²) in [7, 11) is 0. The van der Waals surface area contributed by atoms with Gasteiger partial charge in [0.15, 0.2) is 0 Å². The number of amidine groups is 1. The predicted molar refractivity (Wildman–Crippen MR) is 111 cm³/mol. The van der Waals surface area contributed by atoms with Crippen molar-refractivity contribution in [1.29, 1.82) is 5.41 Å². The molecule has 0 spiro atoms. The first-order chi connectivity index (χ1) is 12.9. The lowest BCUT2D eigenvalue weighted by molar-refractivity contribution is -0.115. The standard InChI is InChI=1S/C21H26N4O2/c1-4-12-25(18-7-5-6-16(13-18)21(22)23)14-20(26)24-17-8-10-19(11-9-17)27-15(2)3/h4-11,13,15H,1,12,14H2,2-3H3,(H3,22,23)(H,24,26). The van der Waals surface area contributed by atoms with Gasteiger partial charge in [-0.1, -0.05) is 18.2 Å². The van der Waals surface area contributed by atoms with Gasteiger partial charge in [-0.3, -0.25) is 10.2 Å². The Bertz CT molecular complexity index is 800. The summed E-state index contributed by atoms with van der Waals surface area (Å²) in [6.07, 6.45) is 1.83. The van der Waals surface area contributed by atoms with Crippen LogP contribution < -0.4 is 20.7 Å². The Hall–Kier alpha value is -3.28. The topological polar surface area (TPSA) is 91.4 Å². The zero-order valence-corrected chi connectivity index (χ0v) is 15.7. The van der Waals surface area contributed by atoms with Crippen molar-refractivity contribution in [2.75, 3.05) is 23.3 Å². The molecule has 6 heteroatoms. The Kier molecular flexibility index (Phi) is 7.00. The summed E-state index contributed by atoms with van der Waals surface area (Å²) in [5.41, 5.74) is 7.68. The number of benzene rings is 2. The van der Waals surface area contributed by atoms with Crippen molar-refractivity contribution in [3.63, 3.8) is 0 Å². The van der Waals surface area contributed by atoms with E-state index in [9.17, 15) is 4.79 Å². The largest absolute Gasteiger partial charge is 0.491 e. The highest BCUT2D eigenvalue weighted by Gasteiger charge is 2.12. The minimum absolute atomic E-state index is 0.0106. The minimum atomic E-state index is -0.150. The van der Waals surface area contributed by atoms with E-state index in [1.807, 2.05) is 55.1 Å². The van der Waals surface area contributed by atoms with Crippen molar-refractivity contribution < 1.29 is 9.53 Å².